The van der Waals surface area contributed by atoms with E-state index in [1.54, 1.807) is 6.08 Å². The van der Waals surface area contributed by atoms with Gasteiger partial charge in [0.25, 0.3) is 0 Å². The Kier molecular flexibility index (Phi) is 51.3. The zero-order chi connectivity index (χ0) is 44.2. The normalized spacial score (nSPS) is 13.2. The Bertz CT molecular complexity index is 970. The van der Waals surface area contributed by atoms with Crippen LogP contribution in [0.15, 0.2) is 48.6 Å². The van der Waals surface area contributed by atoms with E-state index in [0.29, 0.717) is 6.42 Å². The quantitative estimate of drug-likeness (QED) is 0.0422. The SMILES string of the molecule is CCCCCCC/C=C\C/C=C\C/C=C\CCCCCCCCCCC(=O)NC(CO)C(O)/C=C/CCCCCCCCCCCCCCCCCCCCCCCCCC. The van der Waals surface area contributed by atoms with E-state index in [4.69, 9.17) is 0 Å². The van der Waals surface area contributed by atoms with Gasteiger partial charge in [0.1, 0.15) is 0 Å². The smallest absolute Gasteiger partial charge is 0.220 e. The molecule has 0 saturated heterocycles. The molecule has 2 atom stereocenters. The molecule has 0 fully saturated rings. The number of nitrogens with one attached hydrogen (secondary N) is 1. The molecule has 0 aromatic heterocycles. The van der Waals surface area contributed by atoms with Gasteiger partial charge in [-0.15, -0.1) is 0 Å². The third-order valence-corrected chi connectivity index (χ3v) is 12.6. The first kappa shape index (κ1) is 59.4. The highest BCUT2D eigenvalue weighted by Gasteiger charge is 2.18. The van der Waals surface area contributed by atoms with Crippen molar-refractivity contribution >= 4 is 5.91 Å². The van der Waals surface area contributed by atoms with Crippen LogP contribution in [0.1, 0.15) is 290 Å². The van der Waals surface area contributed by atoms with Crippen molar-refractivity contribution in [2.24, 2.45) is 0 Å². The number of aliphatic hydroxyl groups is 2. The standard InChI is InChI=1S/C57H107NO3/c1-3-5-7-9-11-13-15-17-19-21-23-25-27-28-29-31-32-34-36-38-40-42-44-46-48-50-52-56(60)55(54-59)58-57(61)53-51-49-47-45-43-41-39-37-35-33-30-26-24-22-20-18-16-14-12-10-8-6-4-2/h16,18,22,24,30,33,50,52,55-56,59-60H,3-15,17,19-21,23,25-29,31-32,34-49,51,53-54H2,1-2H3,(H,58,61)/b18-16-,24-22-,33-30-,52-50+. The lowest BCUT2D eigenvalue weighted by Gasteiger charge is -2.20. The highest BCUT2D eigenvalue weighted by Crippen LogP contribution is 2.17. The first-order valence-corrected chi connectivity index (χ1v) is 27.4. The van der Waals surface area contributed by atoms with Crippen LogP contribution in [0.2, 0.25) is 0 Å². The molecule has 4 nitrogen and oxygen atoms in total. The van der Waals surface area contributed by atoms with Crippen LogP contribution < -0.4 is 5.32 Å². The van der Waals surface area contributed by atoms with Gasteiger partial charge in [-0.1, -0.05) is 274 Å². The van der Waals surface area contributed by atoms with E-state index in [9.17, 15) is 15.0 Å². The van der Waals surface area contributed by atoms with Gasteiger partial charge in [-0.25, -0.2) is 0 Å². The lowest BCUT2D eigenvalue weighted by Crippen LogP contribution is -2.45. The van der Waals surface area contributed by atoms with Crippen LogP contribution in [0, 0.1) is 0 Å². The lowest BCUT2D eigenvalue weighted by atomic mass is 10.0. The number of allylic oxidation sites excluding steroid dienone is 7. The number of unbranched alkanes of at least 4 members (excludes halogenated alkanes) is 37. The summed E-state index contributed by atoms with van der Waals surface area (Å²) in [5, 5.41) is 23.2. The Morgan fingerprint density at radius 3 is 1.00 bits per heavy atom. The van der Waals surface area contributed by atoms with E-state index < -0.39 is 12.1 Å². The summed E-state index contributed by atoms with van der Waals surface area (Å²) in [5.74, 6) is -0.0691. The van der Waals surface area contributed by atoms with Crippen LogP contribution in [0.5, 0.6) is 0 Å². The van der Waals surface area contributed by atoms with Crippen molar-refractivity contribution < 1.29 is 15.0 Å². The molecule has 0 aliphatic heterocycles. The maximum absolute atomic E-state index is 12.5. The molecule has 0 bridgehead atoms. The summed E-state index contributed by atoms with van der Waals surface area (Å²) in [5.41, 5.74) is 0. The largest absolute Gasteiger partial charge is 0.394 e. The maximum atomic E-state index is 12.5. The molecule has 2 unspecified atom stereocenters. The molecule has 0 aliphatic carbocycles. The fourth-order valence-electron chi connectivity index (χ4n) is 8.36. The second-order valence-electron chi connectivity index (χ2n) is 18.7. The predicted molar refractivity (Wildman–Crippen MR) is 271 cm³/mol. The second-order valence-corrected chi connectivity index (χ2v) is 18.7. The van der Waals surface area contributed by atoms with E-state index in [-0.39, 0.29) is 12.5 Å². The van der Waals surface area contributed by atoms with Crippen molar-refractivity contribution in [2.45, 2.75) is 302 Å². The first-order chi connectivity index (χ1) is 30.2. The fraction of sp³-hybridized carbons (Fsp3) is 0.842. The van der Waals surface area contributed by atoms with Crippen molar-refractivity contribution in [1.29, 1.82) is 0 Å². The maximum Gasteiger partial charge on any atom is 0.220 e. The summed E-state index contributed by atoms with van der Waals surface area (Å²) in [4.78, 5) is 12.5. The van der Waals surface area contributed by atoms with Crippen molar-refractivity contribution in [1.82, 2.24) is 5.32 Å². The van der Waals surface area contributed by atoms with Gasteiger partial charge >= 0.3 is 0 Å². The number of carbonyl (C=O) groups excluding carboxylic acids is 1. The first-order valence-electron chi connectivity index (χ1n) is 27.4. The number of hydrogen-bond donors (Lipinski definition) is 3. The average molecular weight is 854 g/mol. The molecule has 0 rings (SSSR count). The predicted octanol–water partition coefficient (Wildman–Crippen LogP) is 17.9. The van der Waals surface area contributed by atoms with Gasteiger partial charge in [-0.05, 0) is 57.8 Å². The number of aliphatic hydroxyl groups excluding tert-OH is 2. The molecule has 0 aromatic carbocycles. The minimum atomic E-state index is -0.845. The molecule has 358 valence electrons. The van der Waals surface area contributed by atoms with E-state index in [1.165, 1.54) is 231 Å². The third kappa shape index (κ3) is 49.2. The van der Waals surface area contributed by atoms with Gasteiger partial charge in [0.2, 0.25) is 5.91 Å². The van der Waals surface area contributed by atoms with Gasteiger partial charge in [-0.2, -0.15) is 0 Å². The highest BCUT2D eigenvalue weighted by molar-refractivity contribution is 5.76. The molecule has 0 aliphatic rings. The van der Waals surface area contributed by atoms with Crippen LogP contribution in [0.4, 0.5) is 0 Å². The molecule has 0 spiro atoms. The second kappa shape index (κ2) is 52.7. The average Bonchev–Trinajstić information content (AvgIpc) is 3.26. The summed E-state index contributed by atoms with van der Waals surface area (Å²) < 4.78 is 0. The van der Waals surface area contributed by atoms with Crippen LogP contribution in [0.25, 0.3) is 0 Å². The Morgan fingerprint density at radius 2 is 0.672 bits per heavy atom. The minimum Gasteiger partial charge on any atom is -0.394 e. The summed E-state index contributed by atoms with van der Waals surface area (Å²) >= 11 is 0. The van der Waals surface area contributed by atoms with Crippen LogP contribution in [-0.4, -0.2) is 34.9 Å². The summed E-state index contributed by atoms with van der Waals surface area (Å²) in [6.07, 6.45) is 72.6. The van der Waals surface area contributed by atoms with Crippen molar-refractivity contribution in [2.75, 3.05) is 6.61 Å². The Morgan fingerprint density at radius 1 is 0.393 bits per heavy atom. The van der Waals surface area contributed by atoms with Gasteiger partial charge in [-0.3, -0.25) is 4.79 Å². The Hall–Kier alpha value is -1.65. The van der Waals surface area contributed by atoms with Gasteiger partial charge in [0, 0.05) is 6.42 Å². The van der Waals surface area contributed by atoms with Gasteiger partial charge in [0.15, 0.2) is 0 Å². The van der Waals surface area contributed by atoms with E-state index in [0.717, 1.165) is 38.5 Å². The zero-order valence-electron chi connectivity index (χ0n) is 41.2. The van der Waals surface area contributed by atoms with Gasteiger partial charge in [0.05, 0.1) is 18.8 Å². The van der Waals surface area contributed by atoms with Crippen molar-refractivity contribution in [3.05, 3.63) is 48.6 Å². The zero-order valence-corrected chi connectivity index (χ0v) is 41.2. The molecule has 3 N–H and O–H groups in total. The molecule has 0 radical (unpaired) electrons. The molecular weight excluding hydrogens is 747 g/mol. The highest BCUT2D eigenvalue weighted by atomic mass is 16.3. The fourth-order valence-corrected chi connectivity index (χ4v) is 8.36. The van der Waals surface area contributed by atoms with Crippen LogP contribution in [0.3, 0.4) is 0 Å². The lowest BCUT2D eigenvalue weighted by molar-refractivity contribution is -0.123. The summed E-state index contributed by atoms with van der Waals surface area (Å²) in [6, 6.07) is -0.628. The minimum absolute atomic E-state index is 0.0691. The number of amides is 1. The summed E-state index contributed by atoms with van der Waals surface area (Å²) in [7, 11) is 0. The Labute approximate surface area is 382 Å². The third-order valence-electron chi connectivity index (χ3n) is 12.6. The Balaban J connectivity index is 3.52. The molecule has 1 amide bonds. The van der Waals surface area contributed by atoms with Crippen LogP contribution in [-0.2, 0) is 4.79 Å². The molecule has 0 aromatic rings. The van der Waals surface area contributed by atoms with E-state index in [1.807, 2.05) is 6.08 Å². The molecule has 0 saturated carbocycles. The van der Waals surface area contributed by atoms with E-state index >= 15 is 0 Å². The monoisotopic (exact) mass is 854 g/mol. The van der Waals surface area contributed by atoms with Crippen LogP contribution >= 0.6 is 0 Å². The number of rotatable bonds is 50. The topological polar surface area (TPSA) is 69.6 Å². The van der Waals surface area contributed by atoms with Crippen molar-refractivity contribution in [3.63, 3.8) is 0 Å². The van der Waals surface area contributed by atoms with E-state index in [2.05, 4.69) is 55.6 Å². The molecule has 61 heavy (non-hydrogen) atoms. The summed E-state index contributed by atoms with van der Waals surface area (Å²) in [6.45, 7) is 4.32. The van der Waals surface area contributed by atoms with Crippen molar-refractivity contribution in [3.8, 4) is 0 Å². The van der Waals surface area contributed by atoms with Gasteiger partial charge < -0.3 is 15.5 Å². The molecule has 0 heterocycles. The molecular formula is C57H107NO3. The number of hydrogen-bond acceptors (Lipinski definition) is 3. The number of carbonyl (C=O) groups is 1. The molecule has 4 heteroatoms.